The second-order valence-electron chi connectivity index (χ2n) is 5.79. The van der Waals surface area contributed by atoms with E-state index in [9.17, 15) is 0 Å². The van der Waals surface area contributed by atoms with Gasteiger partial charge < -0.3 is 15.4 Å². The summed E-state index contributed by atoms with van der Waals surface area (Å²) in [6.45, 7) is 6.66. The van der Waals surface area contributed by atoms with Crippen LogP contribution in [0, 0.1) is 6.92 Å². The second kappa shape index (κ2) is 6.83. The van der Waals surface area contributed by atoms with Crippen molar-refractivity contribution in [3.63, 3.8) is 0 Å². The summed E-state index contributed by atoms with van der Waals surface area (Å²) in [4.78, 5) is 13.3. The van der Waals surface area contributed by atoms with Gasteiger partial charge in [-0.15, -0.1) is 0 Å². The van der Waals surface area contributed by atoms with Crippen LogP contribution in [0.3, 0.4) is 0 Å². The number of rotatable bonds is 4. The largest absolute Gasteiger partial charge is 0.497 e. The van der Waals surface area contributed by atoms with E-state index in [1.807, 2.05) is 25.3 Å². The van der Waals surface area contributed by atoms with E-state index in [-0.39, 0.29) is 0 Å². The molecule has 0 aliphatic carbocycles. The van der Waals surface area contributed by atoms with Crippen LogP contribution >= 0.6 is 0 Å². The minimum Gasteiger partial charge on any atom is -0.497 e. The zero-order chi connectivity index (χ0) is 16.2. The van der Waals surface area contributed by atoms with Crippen molar-refractivity contribution in [2.24, 2.45) is 0 Å². The van der Waals surface area contributed by atoms with Gasteiger partial charge in [0.1, 0.15) is 17.4 Å². The Morgan fingerprint density at radius 3 is 2.43 bits per heavy atom. The highest BCUT2D eigenvalue weighted by atomic mass is 16.5. The number of ether oxygens (including phenoxy) is 1. The SMILES string of the molecule is COc1ccc(N2CCN(Cc3cnc(C)nc3N)CC2)cc1. The lowest BCUT2D eigenvalue weighted by Gasteiger charge is -2.36. The molecule has 2 heterocycles. The van der Waals surface area contributed by atoms with Crippen LogP contribution in [0.15, 0.2) is 30.5 Å². The molecule has 122 valence electrons. The monoisotopic (exact) mass is 313 g/mol. The van der Waals surface area contributed by atoms with Crippen LogP contribution in [-0.2, 0) is 6.54 Å². The molecular weight excluding hydrogens is 290 g/mol. The molecule has 1 aromatic carbocycles. The molecule has 0 unspecified atom stereocenters. The minimum atomic E-state index is 0.593. The molecule has 0 bridgehead atoms. The van der Waals surface area contributed by atoms with E-state index in [1.54, 1.807) is 7.11 Å². The Hall–Kier alpha value is -2.34. The van der Waals surface area contributed by atoms with Gasteiger partial charge in [0.15, 0.2) is 0 Å². The molecule has 1 aromatic heterocycles. The molecule has 1 aliphatic rings. The van der Waals surface area contributed by atoms with Crippen LogP contribution in [0.1, 0.15) is 11.4 Å². The summed E-state index contributed by atoms with van der Waals surface area (Å²) in [5, 5.41) is 0. The van der Waals surface area contributed by atoms with Gasteiger partial charge in [0.2, 0.25) is 0 Å². The zero-order valence-corrected chi connectivity index (χ0v) is 13.7. The number of nitrogen functional groups attached to an aromatic ring is 1. The number of nitrogens with two attached hydrogens (primary N) is 1. The number of anilines is 2. The van der Waals surface area contributed by atoms with Gasteiger partial charge in [-0.1, -0.05) is 0 Å². The maximum Gasteiger partial charge on any atom is 0.131 e. The van der Waals surface area contributed by atoms with Crippen molar-refractivity contribution >= 4 is 11.5 Å². The van der Waals surface area contributed by atoms with Crippen LogP contribution in [0.4, 0.5) is 11.5 Å². The van der Waals surface area contributed by atoms with Gasteiger partial charge in [0, 0.05) is 50.2 Å². The van der Waals surface area contributed by atoms with Crippen molar-refractivity contribution in [3.05, 3.63) is 41.9 Å². The topological polar surface area (TPSA) is 67.5 Å². The lowest BCUT2D eigenvalue weighted by atomic mass is 10.2. The smallest absolute Gasteiger partial charge is 0.131 e. The van der Waals surface area contributed by atoms with E-state index < -0.39 is 0 Å². The number of hydrogen-bond donors (Lipinski definition) is 1. The second-order valence-corrected chi connectivity index (χ2v) is 5.79. The molecule has 0 amide bonds. The lowest BCUT2D eigenvalue weighted by molar-refractivity contribution is 0.249. The van der Waals surface area contributed by atoms with E-state index in [0.717, 1.165) is 49.9 Å². The molecule has 3 rings (SSSR count). The number of nitrogens with zero attached hydrogens (tertiary/aromatic N) is 4. The first-order chi connectivity index (χ1) is 11.2. The van der Waals surface area contributed by atoms with Crippen molar-refractivity contribution in [2.45, 2.75) is 13.5 Å². The number of hydrogen-bond acceptors (Lipinski definition) is 6. The van der Waals surface area contributed by atoms with Crippen molar-refractivity contribution in [2.75, 3.05) is 43.9 Å². The van der Waals surface area contributed by atoms with Crippen LogP contribution in [0.2, 0.25) is 0 Å². The molecule has 1 aliphatic heterocycles. The Bertz CT molecular complexity index is 651. The Balaban J connectivity index is 1.57. The Labute approximate surface area is 136 Å². The molecule has 0 radical (unpaired) electrons. The molecule has 0 saturated carbocycles. The summed E-state index contributed by atoms with van der Waals surface area (Å²) < 4.78 is 5.21. The molecule has 23 heavy (non-hydrogen) atoms. The molecule has 2 N–H and O–H groups in total. The van der Waals surface area contributed by atoms with Gasteiger partial charge in [0.05, 0.1) is 7.11 Å². The number of piperazine rings is 1. The normalized spacial score (nSPS) is 15.7. The van der Waals surface area contributed by atoms with Gasteiger partial charge in [-0.2, -0.15) is 0 Å². The Kier molecular flexibility index (Phi) is 4.62. The molecule has 1 saturated heterocycles. The molecular formula is C17H23N5O. The van der Waals surface area contributed by atoms with Crippen molar-refractivity contribution in [1.82, 2.24) is 14.9 Å². The van der Waals surface area contributed by atoms with Crippen LogP contribution in [0.5, 0.6) is 5.75 Å². The zero-order valence-electron chi connectivity index (χ0n) is 13.7. The fourth-order valence-corrected chi connectivity index (χ4v) is 2.83. The fourth-order valence-electron chi connectivity index (χ4n) is 2.83. The van der Waals surface area contributed by atoms with Gasteiger partial charge in [-0.3, -0.25) is 4.90 Å². The van der Waals surface area contributed by atoms with Crippen molar-refractivity contribution in [1.29, 1.82) is 0 Å². The van der Waals surface area contributed by atoms with Gasteiger partial charge in [0.25, 0.3) is 0 Å². The van der Waals surface area contributed by atoms with Gasteiger partial charge in [-0.05, 0) is 31.2 Å². The summed E-state index contributed by atoms with van der Waals surface area (Å²) in [6.07, 6.45) is 1.84. The molecule has 2 aromatic rings. The first kappa shape index (κ1) is 15.6. The van der Waals surface area contributed by atoms with E-state index in [0.29, 0.717) is 5.82 Å². The summed E-state index contributed by atoms with van der Waals surface area (Å²) in [5.41, 5.74) is 8.23. The van der Waals surface area contributed by atoms with Crippen molar-refractivity contribution < 1.29 is 4.74 Å². The first-order valence-electron chi connectivity index (χ1n) is 7.85. The van der Waals surface area contributed by atoms with Crippen LogP contribution in [-0.4, -0.2) is 48.2 Å². The third kappa shape index (κ3) is 3.71. The molecule has 1 fully saturated rings. The quantitative estimate of drug-likeness (QED) is 0.926. The number of aromatic nitrogens is 2. The van der Waals surface area contributed by atoms with Gasteiger partial charge in [-0.25, -0.2) is 9.97 Å². The highest BCUT2D eigenvalue weighted by molar-refractivity contribution is 5.49. The Morgan fingerprint density at radius 1 is 1.13 bits per heavy atom. The van der Waals surface area contributed by atoms with Crippen LogP contribution in [0.25, 0.3) is 0 Å². The summed E-state index contributed by atoms with van der Waals surface area (Å²) in [7, 11) is 1.69. The number of benzene rings is 1. The number of methoxy groups -OCH3 is 1. The predicted molar refractivity (Wildman–Crippen MR) is 91.7 cm³/mol. The van der Waals surface area contributed by atoms with Crippen LogP contribution < -0.4 is 15.4 Å². The first-order valence-corrected chi connectivity index (χ1v) is 7.85. The third-order valence-corrected chi connectivity index (χ3v) is 4.22. The predicted octanol–water partition coefficient (Wildman–Crippen LogP) is 1.70. The molecule has 6 nitrogen and oxygen atoms in total. The average molecular weight is 313 g/mol. The fraction of sp³-hybridized carbons (Fsp3) is 0.412. The maximum atomic E-state index is 5.98. The lowest BCUT2D eigenvalue weighted by Crippen LogP contribution is -2.46. The summed E-state index contributed by atoms with van der Waals surface area (Å²) >= 11 is 0. The highest BCUT2D eigenvalue weighted by Crippen LogP contribution is 2.21. The van der Waals surface area contributed by atoms with Crippen molar-refractivity contribution in [3.8, 4) is 5.75 Å². The molecule has 6 heteroatoms. The minimum absolute atomic E-state index is 0.593. The Morgan fingerprint density at radius 2 is 1.83 bits per heavy atom. The van der Waals surface area contributed by atoms with Gasteiger partial charge >= 0.3 is 0 Å². The van der Waals surface area contributed by atoms with E-state index in [1.165, 1.54) is 5.69 Å². The third-order valence-electron chi connectivity index (χ3n) is 4.22. The standard InChI is InChI=1S/C17H23N5O/c1-13-19-11-14(17(18)20-13)12-21-7-9-22(10-8-21)15-3-5-16(23-2)6-4-15/h3-6,11H,7-10,12H2,1-2H3,(H2,18,19,20). The highest BCUT2D eigenvalue weighted by Gasteiger charge is 2.18. The van der Waals surface area contributed by atoms with E-state index in [4.69, 9.17) is 10.5 Å². The maximum absolute atomic E-state index is 5.98. The average Bonchev–Trinajstić information content (AvgIpc) is 2.58. The van der Waals surface area contributed by atoms with E-state index in [2.05, 4.69) is 31.9 Å². The van der Waals surface area contributed by atoms with E-state index >= 15 is 0 Å². The summed E-state index contributed by atoms with van der Waals surface area (Å²) in [6, 6.07) is 8.23. The number of aryl methyl sites for hydroxylation is 1. The summed E-state index contributed by atoms with van der Waals surface area (Å²) in [5.74, 6) is 2.20. The molecule has 0 atom stereocenters. The molecule has 0 spiro atoms.